The van der Waals surface area contributed by atoms with Crippen molar-refractivity contribution in [2.45, 2.75) is 45.6 Å². The fourth-order valence-corrected chi connectivity index (χ4v) is 2.64. The summed E-state index contributed by atoms with van der Waals surface area (Å²) in [5.41, 5.74) is 3.12. The fraction of sp³-hybridized carbons (Fsp3) is 0.714. The van der Waals surface area contributed by atoms with Gasteiger partial charge in [-0.05, 0) is 46.3 Å². The Morgan fingerprint density at radius 1 is 1.33 bits per heavy atom. The summed E-state index contributed by atoms with van der Waals surface area (Å²) in [4.78, 5) is 14.2. The number of ketones is 1. The first-order valence-electron chi connectivity index (χ1n) is 6.90. The van der Waals surface area contributed by atoms with E-state index in [-0.39, 0.29) is 0 Å². The Bertz CT molecular complexity index is 434. The molecule has 100 valence electrons. The van der Waals surface area contributed by atoms with E-state index in [0.717, 1.165) is 50.0 Å². The second-order valence-electron chi connectivity index (χ2n) is 5.28. The Kier molecular flexibility index (Phi) is 4.17. The quantitative estimate of drug-likeness (QED) is 0.800. The zero-order chi connectivity index (χ0) is 13.1. The zero-order valence-corrected chi connectivity index (χ0v) is 11.7. The highest BCUT2D eigenvalue weighted by atomic mass is 16.1. The van der Waals surface area contributed by atoms with Crippen molar-refractivity contribution in [3.8, 4) is 0 Å². The van der Waals surface area contributed by atoms with Gasteiger partial charge in [-0.25, -0.2) is 0 Å². The van der Waals surface area contributed by atoms with Crippen molar-refractivity contribution >= 4 is 5.78 Å². The molecule has 0 fully saturated rings. The van der Waals surface area contributed by atoms with E-state index in [1.165, 1.54) is 5.69 Å². The van der Waals surface area contributed by atoms with E-state index in [1.807, 2.05) is 0 Å². The number of Topliss-reactive ketones (excluding diaryl/α,β-unsaturated/α-hetero) is 1. The lowest BCUT2D eigenvalue weighted by atomic mass is 9.94. The molecule has 18 heavy (non-hydrogen) atoms. The van der Waals surface area contributed by atoms with Crippen LogP contribution in [0.15, 0.2) is 0 Å². The molecule has 1 heterocycles. The molecule has 0 bridgehead atoms. The number of fused-ring (bicyclic) bond motifs is 1. The first kappa shape index (κ1) is 13.3. The van der Waals surface area contributed by atoms with E-state index < -0.39 is 0 Å². The lowest BCUT2D eigenvalue weighted by Crippen LogP contribution is -2.18. The van der Waals surface area contributed by atoms with Crippen LogP contribution in [-0.2, 0) is 19.4 Å². The van der Waals surface area contributed by atoms with Gasteiger partial charge in [-0.1, -0.05) is 6.92 Å². The Morgan fingerprint density at radius 2 is 2.11 bits per heavy atom. The van der Waals surface area contributed by atoms with Gasteiger partial charge in [0.25, 0.3) is 0 Å². The zero-order valence-electron chi connectivity index (χ0n) is 11.7. The van der Waals surface area contributed by atoms with Crippen molar-refractivity contribution < 1.29 is 4.79 Å². The molecule has 0 saturated carbocycles. The van der Waals surface area contributed by atoms with Gasteiger partial charge in [0, 0.05) is 18.7 Å². The molecule has 1 aliphatic carbocycles. The number of carbonyl (C=O) groups excluding carboxylic acids is 1. The summed E-state index contributed by atoms with van der Waals surface area (Å²) in [7, 11) is 4.17. The number of rotatable bonds is 5. The van der Waals surface area contributed by atoms with Crippen LogP contribution in [0.25, 0.3) is 0 Å². The molecule has 0 radical (unpaired) electrons. The third-order valence-electron chi connectivity index (χ3n) is 3.54. The molecule has 0 amide bonds. The number of nitrogens with zero attached hydrogens (tertiary/aromatic N) is 3. The molecule has 0 N–H and O–H groups in total. The predicted octanol–water partition coefficient (Wildman–Crippen LogP) is 1.92. The second kappa shape index (κ2) is 5.65. The van der Waals surface area contributed by atoms with Crippen molar-refractivity contribution in [1.82, 2.24) is 14.7 Å². The minimum absolute atomic E-state index is 0.298. The van der Waals surface area contributed by atoms with Crippen LogP contribution in [0.2, 0.25) is 0 Å². The van der Waals surface area contributed by atoms with Gasteiger partial charge in [-0.2, -0.15) is 5.10 Å². The largest absolute Gasteiger partial charge is 0.309 e. The maximum absolute atomic E-state index is 12.0. The van der Waals surface area contributed by atoms with Crippen LogP contribution >= 0.6 is 0 Å². The molecule has 0 aromatic carbocycles. The standard InChI is InChI=1S/C14H23N3O/c1-4-11-14-12(7-5-8-13(14)18)17(15-11)10-6-9-16(2)3/h4-10H2,1-3H3. The lowest BCUT2D eigenvalue weighted by molar-refractivity contribution is 0.0971. The monoisotopic (exact) mass is 249 g/mol. The van der Waals surface area contributed by atoms with Crippen LogP contribution in [0.4, 0.5) is 0 Å². The van der Waals surface area contributed by atoms with Gasteiger partial charge in [-0.15, -0.1) is 0 Å². The summed E-state index contributed by atoms with van der Waals surface area (Å²) in [6, 6.07) is 0. The summed E-state index contributed by atoms with van der Waals surface area (Å²) >= 11 is 0. The van der Waals surface area contributed by atoms with Crippen LogP contribution in [0.3, 0.4) is 0 Å². The number of hydrogen-bond donors (Lipinski definition) is 0. The van der Waals surface area contributed by atoms with Crippen molar-refractivity contribution in [3.05, 3.63) is 17.0 Å². The minimum Gasteiger partial charge on any atom is -0.309 e. The summed E-state index contributed by atoms with van der Waals surface area (Å²) in [5, 5.41) is 4.63. The molecular weight excluding hydrogens is 226 g/mol. The molecule has 1 aromatic heterocycles. The van der Waals surface area contributed by atoms with Crippen LogP contribution in [0.5, 0.6) is 0 Å². The van der Waals surface area contributed by atoms with Crippen molar-refractivity contribution in [2.75, 3.05) is 20.6 Å². The van der Waals surface area contributed by atoms with Gasteiger partial charge in [0.05, 0.1) is 11.3 Å². The highest BCUT2D eigenvalue weighted by Gasteiger charge is 2.25. The molecule has 0 unspecified atom stereocenters. The van der Waals surface area contributed by atoms with Gasteiger partial charge in [0.2, 0.25) is 0 Å². The SMILES string of the molecule is CCc1nn(CCCN(C)C)c2c1C(=O)CCC2. The molecule has 0 aliphatic heterocycles. The van der Waals surface area contributed by atoms with Crippen LogP contribution in [0, 0.1) is 0 Å². The lowest BCUT2D eigenvalue weighted by Gasteiger charge is -2.14. The first-order chi connectivity index (χ1) is 8.63. The average molecular weight is 249 g/mol. The average Bonchev–Trinajstić information content (AvgIpc) is 2.69. The van der Waals surface area contributed by atoms with Gasteiger partial charge < -0.3 is 4.90 Å². The van der Waals surface area contributed by atoms with Gasteiger partial charge in [-0.3, -0.25) is 9.48 Å². The second-order valence-corrected chi connectivity index (χ2v) is 5.28. The summed E-state index contributed by atoms with van der Waals surface area (Å²) in [6.45, 7) is 4.06. The van der Waals surface area contributed by atoms with Crippen LogP contribution in [0.1, 0.15) is 47.9 Å². The summed E-state index contributed by atoms with van der Waals surface area (Å²) in [5.74, 6) is 0.298. The van der Waals surface area contributed by atoms with E-state index in [0.29, 0.717) is 12.2 Å². The Labute approximate surface area is 109 Å². The minimum atomic E-state index is 0.298. The topological polar surface area (TPSA) is 38.1 Å². The van der Waals surface area contributed by atoms with Crippen molar-refractivity contribution in [2.24, 2.45) is 0 Å². The molecule has 0 saturated heterocycles. The predicted molar refractivity (Wildman–Crippen MR) is 72.0 cm³/mol. The van der Waals surface area contributed by atoms with E-state index in [1.54, 1.807) is 0 Å². The van der Waals surface area contributed by atoms with Gasteiger partial charge in [0.15, 0.2) is 5.78 Å². The number of aryl methyl sites for hydroxylation is 2. The number of aromatic nitrogens is 2. The maximum atomic E-state index is 12.0. The molecule has 4 heteroatoms. The van der Waals surface area contributed by atoms with Crippen LogP contribution in [-0.4, -0.2) is 41.1 Å². The Balaban J connectivity index is 2.18. The normalized spacial score (nSPS) is 15.2. The third kappa shape index (κ3) is 2.64. The smallest absolute Gasteiger partial charge is 0.166 e. The summed E-state index contributed by atoms with van der Waals surface area (Å²) in [6.07, 6.45) is 4.63. The highest BCUT2D eigenvalue weighted by molar-refractivity contribution is 5.99. The Hall–Kier alpha value is -1.16. The maximum Gasteiger partial charge on any atom is 0.166 e. The fourth-order valence-electron chi connectivity index (χ4n) is 2.64. The molecule has 1 aliphatic rings. The van der Waals surface area contributed by atoms with Crippen molar-refractivity contribution in [1.29, 1.82) is 0 Å². The molecule has 2 rings (SSSR count). The van der Waals surface area contributed by atoms with Crippen LogP contribution < -0.4 is 0 Å². The van der Waals surface area contributed by atoms with Gasteiger partial charge >= 0.3 is 0 Å². The first-order valence-corrected chi connectivity index (χ1v) is 6.90. The number of carbonyl (C=O) groups is 1. The molecule has 0 spiro atoms. The van der Waals surface area contributed by atoms with Crippen molar-refractivity contribution in [3.63, 3.8) is 0 Å². The molecule has 0 atom stereocenters. The number of hydrogen-bond acceptors (Lipinski definition) is 3. The van der Waals surface area contributed by atoms with Gasteiger partial charge in [0.1, 0.15) is 0 Å². The van der Waals surface area contributed by atoms with E-state index >= 15 is 0 Å². The summed E-state index contributed by atoms with van der Waals surface area (Å²) < 4.78 is 2.08. The Morgan fingerprint density at radius 3 is 2.78 bits per heavy atom. The third-order valence-corrected chi connectivity index (χ3v) is 3.54. The van der Waals surface area contributed by atoms with E-state index in [2.05, 4.69) is 35.7 Å². The molecule has 4 nitrogen and oxygen atoms in total. The molecular formula is C14H23N3O. The van der Waals surface area contributed by atoms with E-state index in [9.17, 15) is 4.79 Å². The molecule has 1 aromatic rings. The van der Waals surface area contributed by atoms with E-state index in [4.69, 9.17) is 0 Å². The highest BCUT2D eigenvalue weighted by Crippen LogP contribution is 2.25.